The van der Waals surface area contributed by atoms with E-state index >= 15 is 0 Å². The van der Waals surface area contributed by atoms with Crippen LogP contribution >= 0.6 is 11.6 Å². The molecule has 0 bridgehead atoms. The van der Waals surface area contributed by atoms with Gasteiger partial charge in [-0.1, -0.05) is 6.42 Å². The van der Waals surface area contributed by atoms with Crippen molar-refractivity contribution in [2.75, 3.05) is 6.54 Å². The third kappa shape index (κ3) is 2.15. The molecule has 0 aromatic carbocycles. The lowest BCUT2D eigenvalue weighted by molar-refractivity contribution is 0.371. The lowest BCUT2D eigenvalue weighted by atomic mass is 9.89. The van der Waals surface area contributed by atoms with Crippen molar-refractivity contribution in [3.8, 4) is 0 Å². The van der Waals surface area contributed by atoms with Gasteiger partial charge in [0.2, 0.25) is 0 Å². The molecule has 0 aromatic heterocycles. The van der Waals surface area contributed by atoms with Crippen LogP contribution in [0.3, 0.4) is 0 Å². The van der Waals surface area contributed by atoms with Crippen LogP contribution in [0.25, 0.3) is 0 Å². The fraction of sp³-hybridized carbons (Fsp3) is 1.00. The van der Waals surface area contributed by atoms with Crippen LogP contribution in [-0.2, 0) is 0 Å². The van der Waals surface area contributed by atoms with Gasteiger partial charge in [-0.15, -0.1) is 11.6 Å². The molecular weight excluding hydrogens is 134 g/mol. The summed E-state index contributed by atoms with van der Waals surface area (Å²) in [5.41, 5.74) is 5.51. The van der Waals surface area contributed by atoms with Gasteiger partial charge < -0.3 is 5.73 Å². The lowest BCUT2D eigenvalue weighted by Crippen LogP contribution is -2.22. The lowest BCUT2D eigenvalue weighted by Gasteiger charge is -2.23. The van der Waals surface area contributed by atoms with E-state index in [1.807, 2.05) is 0 Å². The molecule has 0 amide bonds. The second-order valence-corrected chi connectivity index (χ2v) is 3.48. The molecular formula is C7H14ClN. The Kier molecular flexibility index (Phi) is 2.80. The van der Waals surface area contributed by atoms with Crippen LogP contribution in [0.5, 0.6) is 0 Å². The minimum atomic E-state index is 0.410. The van der Waals surface area contributed by atoms with E-state index < -0.39 is 0 Å². The molecule has 0 aromatic rings. The van der Waals surface area contributed by atoms with E-state index in [-0.39, 0.29) is 0 Å². The highest BCUT2D eigenvalue weighted by molar-refractivity contribution is 6.20. The molecule has 2 heteroatoms. The number of alkyl halides is 1. The standard InChI is InChI=1S/C7H14ClN/c8-7-3-1-2-6(4-7)5-9/h6-7H,1-5,9H2. The summed E-state index contributed by atoms with van der Waals surface area (Å²) >= 11 is 5.93. The molecule has 2 unspecified atom stereocenters. The van der Waals surface area contributed by atoms with E-state index in [4.69, 9.17) is 17.3 Å². The normalized spacial score (nSPS) is 36.7. The van der Waals surface area contributed by atoms with Crippen molar-refractivity contribution >= 4 is 11.6 Å². The van der Waals surface area contributed by atoms with Gasteiger partial charge in [-0.25, -0.2) is 0 Å². The number of hydrogen-bond acceptors (Lipinski definition) is 1. The van der Waals surface area contributed by atoms with Crippen molar-refractivity contribution in [1.29, 1.82) is 0 Å². The van der Waals surface area contributed by atoms with Crippen molar-refractivity contribution in [2.45, 2.75) is 31.1 Å². The summed E-state index contributed by atoms with van der Waals surface area (Å²) in [6.07, 6.45) is 4.89. The Morgan fingerprint density at radius 1 is 1.44 bits per heavy atom. The van der Waals surface area contributed by atoms with Crippen LogP contribution in [0.2, 0.25) is 0 Å². The Bertz CT molecular complexity index is 85.0. The van der Waals surface area contributed by atoms with E-state index in [9.17, 15) is 0 Å². The number of hydrogen-bond donors (Lipinski definition) is 1. The SMILES string of the molecule is NCC1CCCC(Cl)C1. The summed E-state index contributed by atoms with van der Waals surface area (Å²) in [7, 11) is 0. The average molecular weight is 148 g/mol. The predicted molar refractivity (Wildman–Crippen MR) is 40.7 cm³/mol. The summed E-state index contributed by atoms with van der Waals surface area (Å²) in [4.78, 5) is 0. The highest BCUT2D eigenvalue weighted by Crippen LogP contribution is 2.26. The maximum absolute atomic E-state index is 5.93. The number of halogens is 1. The van der Waals surface area contributed by atoms with Gasteiger partial charge in [0.15, 0.2) is 0 Å². The largest absolute Gasteiger partial charge is 0.330 e. The van der Waals surface area contributed by atoms with E-state index in [0.29, 0.717) is 11.3 Å². The van der Waals surface area contributed by atoms with Gasteiger partial charge in [-0.2, -0.15) is 0 Å². The Labute approximate surface area is 61.6 Å². The minimum Gasteiger partial charge on any atom is -0.330 e. The average Bonchev–Trinajstić information content (AvgIpc) is 1.88. The third-order valence-electron chi connectivity index (χ3n) is 2.05. The highest BCUT2D eigenvalue weighted by atomic mass is 35.5. The summed E-state index contributed by atoms with van der Waals surface area (Å²) in [6.45, 7) is 0.823. The third-order valence-corrected chi connectivity index (χ3v) is 2.45. The zero-order chi connectivity index (χ0) is 6.69. The smallest absolute Gasteiger partial charge is 0.0339 e. The molecule has 0 heterocycles. The molecule has 1 saturated carbocycles. The molecule has 0 aliphatic heterocycles. The van der Waals surface area contributed by atoms with Crippen molar-refractivity contribution in [1.82, 2.24) is 0 Å². The molecule has 1 aliphatic carbocycles. The first-order valence-electron chi connectivity index (χ1n) is 3.67. The summed E-state index contributed by atoms with van der Waals surface area (Å²) in [5.74, 6) is 0.709. The van der Waals surface area contributed by atoms with E-state index in [0.717, 1.165) is 13.0 Å². The van der Waals surface area contributed by atoms with Crippen molar-refractivity contribution in [3.63, 3.8) is 0 Å². The maximum Gasteiger partial charge on any atom is 0.0339 e. The maximum atomic E-state index is 5.93. The Morgan fingerprint density at radius 3 is 2.67 bits per heavy atom. The first kappa shape index (κ1) is 7.36. The molecule has 1 fully saturated rings. The topological polar surface area (TPSA) is 26.0 Å². The van der Waals surface area contributed by atoms with Gasteiger partial charge >= 0.3 is 0 Å². The molecule has 1 aliphatic rings. The van der Waals surface area contributed by atoms with Crippen molar-refractivity contribution < 1.29 is 0 Å². The summed E-state index contributed by atoms with van der Waals surface area (Å²) < 4.78 is 0. The number of rotatable bonds is 1. The first-order valence-corrected chi connectivity index (χ1v) is 4.10. The monoisotopic (exact) mass is 147 g/mol. The Morgan fingerprint density at radius 2 is 2.22 bits per heavy atom. The molecule has 2 atom stereocenters. The molecule has 2 N–H and O–H groups in total. The second-order valence-electron chi connectivity index (χ2n) is 2.87. The van der Waals surface area contributed by atoms with Gasteiger partial charge in [0.1, 0.15) is 0 Å². The van der Waals surface area contributed by atoms with Crippen molar-refractivity contribution in [3.05, 3.63) is 0 Å². The zero-order valence-corrected chi connectivity index (χ0v) is 6.40. The Balaban J connectivity index is 2.23. The van der Waals surface area contributed by atoms with Crippen molar-refractivity contribution in [2.24, 2.45) is 11.7 Å². The van der Waals surface area contributed by atoms with Crippen LogP contribution in [0.1, 0.15) is 25.7 Å². The molecule has 0 spiro atoms. The van der Waals surface area contributed by atoms with Gasteiger partial charge in [0, 0.05) is 5.38 Å². The van der Waals surface area contributed by atoms with Gasteiger partial charge in [0.05, 0.1) is 0 Å². The first-order chi connectivity index (χ1) is 4.33. The van der Waals surface area contributed by atoms with Crippen LogP contribution in [-0.4, -0.2) is 11.9 Å². The van der Waals surface area contributed by atoms with Crippen LogP contribution < -0.4 is 5.73 Å². The molecule has 0 radical (unpaired) electrons. The summed E-state index contributed by atoms with van der Waals surface area (Å²) in [5, 5.41) is 0.410. The highest BCUT2D eigenvalue weighted by Gasteiger charge is 2.18. The predicted octanol–water partition coefficient (Wildman–Crippen LogP) is 1.74. The molecule has 1 nitrogen and oxygen atoms in total. The molecule has 9 heavy (non-hydrogen) atoms. The fourth-order valence-electron chi connectivity index (χ4n) is 1.44. The fourth-order valence-corrected chi connectivity index (χ4v) is 1.85. The molecule has 54 valence electrons. The van der Waals surface area contributed by atoms with Crippen LogP contribution in [0.4, 0.5) is 0 Å². The summed E-state index contributed by atoms with van der Waals surface area (Å²) in [6, 6.07) is 0. The van der Waals surface area contributed by atoms with E-state index in [2.05, 4.69) is 0 Å². The molecule has 0 saturated heterocycles. The van der Waals surface area contributed by atoms with E-state index in [1.54, 1.807) is 0 Å². The van der Waals surface area contributed by atoms with E-state index in [1.165, 1.54) is 19.3 Å². The van der Waals surface area contributed by atoms with Crippen LogP contribution in [0.15, 0.2) is 0 Å². The van der Waals surface area contributed by atoms with Gasteiger partial charge in [-0.05, 0) is 31.7 Å². The Hall–Kier alpha value is 0.250. The van der Waals surface area contributed by atoms with Crippen LogP contribution in [0, 0.1) is 5.92 Å². The molecule has 1 rings (SSSR count). The van der Waals surface area contributed by atoms with Gasteiger partial charge in [-0.3, -0.25) is 0 Å². The zero-order valence-electron chi connectivity index (χ0n) is 5.65. The number of nitrogens with two attached hydrogens (primary N) is 1. The minimum absolute atomic E-state index is 0.410. The second kappa shape index (κ2) is 3.43. The quantitative estimate of drug-likeness (QED) is 0.562. The van der Waals surface area contributed by atoms with Gasteiger partial charge in [0.25, 0.3) is 0 Å².